The minimum atomic E-state index is -0.219. The van der Waals surface area contributed by atoms with Crippen LogP contribution in [0.1, 0.15) is 44.5 Å². The molecule has 0 aliphatic heterocycles. The van der Waals surface area contributed by atoms with Gasteiger partial charge < -0.3 is 14.4 Å². The lowest BCUT2D eigenvalue weighted by molar-refractivity contribution is -0.120. The second-order valence-electron chi connectivity index (χ2n) is 5.06. The van der Waals surface area contributed by atoms with Crippen LogP contribution in [0.5, 0.6) is 0 Å². The number of amides is 1. The number of rotatable bonds is 4. The molecule has 1 fully saturated rings. The first-order chi connectivity index (χ1) is 9.74. The van der Waals surface area contributed by atoms with Gasteiger partial charge in [-0.3, -0.25) is 4.79 Å². The maximum atomic E-state index is 11.4. The van der Waals surface area contributed by atoms with Gasteiger partial charge in [-0.2, -0.15) is 4.98 Å². The van der Waals surface area contributed by atoms with Gasteiger partial charge in [-0.25, -0.2) is 0 Å². The largest absolute Gasteiger partial charge is 0.364 e. The fourth-order valence-electron chi connectivity index (χ4n) is 2.68. The maximum absolute atomic E-state index is 11.4. The fraction of sp³-hybridized carbons (Fsp3) is 0.538. The second-order valence-corrected chi connectivity index (χ2v) is 5.06. The van der Waals surface area contributed by atoms with Crippen LogP contribution >= 0.6 is 0 Å². The molecule has 1 aliphatic rings. The lowest BCUT2D eigenvalue weighted by atomic mass is 9.98. The molecule has 0 aromatic carbocycles. The summed E-state index contributed by atoms with van der Waals surface area (Å²) >= 11 is 0. The average Bonchev–Trinajstić information content (AvgIpc) is 3.16. The average molecular weight is 276 g/mol. The monoisotopic (exact) mass is 276 g/mol. The Labute approximate surface area is 115 Å². The fourth-order valence-corrected chi connectivity index (χ4v) is 2.68. The van der Waals surface area contributed by atoms with Gasteiger partial charge in [-0.15, -0.1) is 0 Å². The Hall–Kier alpha value is -2.18. The van der Waals surface area contributed by atoms with Crippen LogP contribution in [0.2, 0.25) is 0 Å². The highest BCUT2D eigenvalue weighted by Gasteiger charge is 2.31. The highest BCUT2D eigenvalue weighted by atomic mass is 16.5. The first kappa shape index (κ1) is 12.8. The first-order valence-corrected chi connectivity index (χ1v) is 6.75. The van der Waals surface area contributed by atoms with E-state index in [0.29, 0.717) is 23.3 Å². The van der Waals surface area contributed by atoms with Crippen LogP contribution in [0.25, 0.3) is 11.5 Å². The Morgan fingerprint density at radius 1 is 1.40 bits per heavy atom. The molecule has 2 heterocycles. The van der Waals surface area contributed by atoms with E-state index in [4.69, 9.17) is 9.05 Å². The molecule has 7 nitrogen and oxygen atoms in total. The Balaban J connectivity index is 1.85. The molecule has 20 heavy (non-hydrogen) atoms. The number of nitrogens with zero attached hydrogens (tertiary/aromatic N) is 3. The summed E-state index contributed by atoms with van der Waals surface area (Å²) in [6, 6.07) is 1.44. The Bertz CT molecular complexity index is 572. The Morgan fingerprint density at radius 3 is 2.85 bits per heavy atom. The molecular weight excluding hydrogens is 260 g/mol. The number of nitrogens with one attached hydrogen (secondary N) is 1. The summed E-state index contributed by atoms with van der Waals surface area (Å²) in [5.41, 5.74) is 0.521. The van der Waals surface area contributed by atoms with Crippen molar-refractivity contribution in [1.82, 2.24) is 20.6 Å². The standard InChI is InChI=1S/C13H16N4O3/c1-8(18)14-11(9-4-2-3-5-9)13-15-12(17-20-13)10-6-7-19-16-10/h6-7,9,11H,2-5H2,1H3,(H,14,18). The normalized spacial score (nSPS) is 17.2. The van der Waals surface area contributed by atoms with Crippen molar-refractivity contribution in [2.45, 2.75) is 38.6 Å². The summed E-state index contributed by atoms with van der Waals surface area (Å²) in [6.07, 6.45) is 5.92. The van der Waals surface area contributed by atoms with Crippen molar-refractivity contribution in [2.75, 3.05) is 0 Å². The minimum Gasteiger partial charge on any atom is -0.364 e. The molecule has 3 rings (SSSR count). The van der Waals surface area contributed by atoms with Crippen molar-refractivity contribution < 1.29 is 13.8 Å². The van der Waals surface area contributed by atoms with Crippen LogP contribution in [0.15, 0.2) is 21.4 Å². The van der Waals surface area contributed by atoms with E-state index >= 15 is 0 Å². The number of hydrogen-bond donors (Lipinski definition) is 1. The van der Waals surface area contributed by atoms with Gasteiger partial charge in [0.05, 0.1) is 0 Å². The van der Waals surface area contributed by atoms with Crippen molar-refractivity contribution in [3.05, 3.63) is 18.2 Å². The van der Waals surface area contributed by atoms with E-state index in [1.807, 2.05) is 0 Å². The smallest absolute Gasteiger partial charge is 0.249 e. The molecule has 0 spiro atoms. The van der Waals surface area contributed by atoms with Crippen LogP contribution in [-0.2, 0) is 4.79 Å². The maximum Gasteiger partial charge on any atom is 0.249 e. The van der Waals surface area contributed by atoms with Crippen LogP contribution in [0, 0.1) is 5.92 Å². The molecule has 1 unspecified atom stereocenters. The predicted molar refractivity (Wildman–Crippen MR) is 68.3 cm³/mol. The summed E-state index contributed by atoms with van der Waals surface area (Å²) in [6.45, 7) is 1.50. The van der Waals surface area contributed by atoms with Gasteiger partial charge in [0.2, 0.25) is 17.6 Å². The molecule has 0 bridgehead atoms. The van der Waals surface area contributed by atoms with Crippen molar-refractivity contribution >= 4 is 5.91 Å². The quantitative estimate of drug-likeness (QED) is 0.918. The third-order valence-corrected chi connectivity index (χ3v) is 3.60. The van der Waals surface area contributed by atoms with Gasteiger partial charge in [-0.05, 0) is 18.8 Å². The second kappa shape index (κ2) is 5.44. The molecule has 2 aromatic heterocycles. The van der Waals surface area contributed by atoms with Gasteiger partial charge in [-0.1, -0.05) is 23.2 Å². The Kier molecular flexibility index (Phi) is 3.49. The molecule has 1 aliphatic carbocycles. The number of aromatic nitrogens is 3. The van der Waals surface area contributed by atoms with E-state index in [2.05, 4.69) is 20.6 Å². The molecule has 7 heteroatoms. The molecule has 1 atom stereocenters. The lowest BCUT2D eigenvalue weighted by Gasteiger charge is -2.20. The lowest BCUT2D eigenvalue weighted by Crippen LogP contribution is -2.31. The summed E-state index contributed by atoms with van der Waals surface area (Å²) in [7, 11) is 0. The molecule has 0 radical (unpaired) electrons. The van der Waals surface area contributed by atoms with Crippen molar-refractivity contribution in [3.8, 4) is 11.5 Å². The zero-order valence-electron chi connectivity index (χ0n) is 11.2. The van der Waals surface area contributed by atoms with Crippen molar-refractivity contribution in [2.24, 2.45) is 5.92 Å². The SMILES string of the molecule is CC(=O)NC(c1nc(-c2ccon2)no1)C1CCCC1. The summed E-state index contributed by atoms with van der Waals surface area (Å²) in [4.78, 5) is 15.7. The van der Waals surface area contributed by atoms with Crippen LogP contribution in [0.3, 0.4) is 0 Å². The molecular formula is C13H16N4O3. The van der Waals surface area contributed by atoms with E-state index in [0.717, 1.165) is 12.8 Å². The predicted octanol–water partition coefficient (Wildman–Crippen LogP) is 2.09. The van der Waals surface area contributed by atoms with Crippen LogP contribution in [0.4, 0.5) is 0 Å². The van der Waals surface area contributed by atoms with Crippen LogP contribution in [-0.4, -0.2) is 21.2 Å². The Morgan fingerprint density at radius 2 is 2.20 bits per heavy atom. The van der Waals surface area contributed by atoms with Gasteiger partial charge in [0.1, 0.15) is 12.3 Å². The third-order valence-electron chi connectivity index (χ3n) is 3.60. The van der Waals surface area contributed by atoms with Gasteiger partial charge >= 0.3 is 0 Å². The van der Waals surface area contributed by atoms with E-state index in [1.54, 1.807) is 6.07 Å². The third kappa shape index (κ3) is 2.56. The molecule has 2 aromatic rings. The van der Waals surface area contributed by atoms with E-state index in [-0.39, 0.29) is 11.9 Å². The zero-order valence-corrected chi connectivity index (χ0v) is 11.2. The summed E-state index contributed by atoms with van der Waals surface area (Å²) in [5.74, 6) is 1.07. The molecule has 1 saturated carbocycles. The number of hydrogen-bond acceptors (Lipinski definition) is 6. The number of carbonyl (C=O) groups excluding carboxylic acids is 1. The van der Waals surface area contributed by atoms with Crippen molar-refractivity contribution in [1.29, 1.82) is 0 Å². The summed E-state index contributed by atoms with van der Waals surface area (Å²) < 4.78 is 10.1. The topological polar surface area (TPSA) is 94.1 Å². The van der Waals surface area contributed by atoms with Gasteiger partial charge in [0.25, 0.3) is 0 Å². The summed E-state index contributed by atoms with van der Waals surface area (Å²) in [5, 5.41) is 10.6. The number of carbonyl (C=O) groups is 1. The van der Waals surface area contributed by atoms with E-state index in [9.17, 15) is 4.79 Å². The van der Waals surface area contributed by atoms with Gasteiger partial charge in [0, 0.05) is 13.0 Å². The zero-order chi connectivity index (χ0) is 13.9. The molecule has 1 amide bonds. The van der Waals surface area contributed by atoms with Crippen molar-refractivity contribution in [3.63, 3.8) is 0 Å². The van der Waals surface area contributed by atoms with Crippen LogP contribution < -0.4 is 5.32 Å². The highest BCUT2D eigenvalue weighted by Crippen LogP contribution is 2.35. The first-order valence-electron chi connectivity index (χ1n) is 6.75. The van der Waals surface area contributed by atoms with E-state index in [1.165, 1.54) is 26.0 Å². The minimum absolute atomic E-state index is 0.0944. The molecule has 1 N–H and O–H groups in total. The molecule has 0 saturated heterocycles. The van der Waals surface area contributed by atoms with Gasteiger partial charge in [0.15, 0.2) is 5.69 Å². The molecule has 106 valence electrons. The van der Waals surface area contributed by atoms with E-state index < -0.39 is 0 Å². The highest BCUT2D eigenvalue weighted by molar-refractivity contribution is 5.73.